The van der Waals surface area contributed by atoms with Gasteiger partial charge in [0.15, 0.2) is 0 Å². The molecule has 0 aliphatic carbocycles. The number of H-pyrrole nitrogens is 1. The fraction of sp³-hybridized carbons (Fsp3) is 0.217. The Morgan fingerprint density at radius 2 is 1.88 bits per heavy atom. The standard InChI is InChI=1S/C23H21FN6O2/c1-28-8-9-29(14-22(28)31)12-15-2-5-18(6-3-15)30-13-21(26-27-30)19-11-16-10-17(24)4-7-20(16)25-23(19)32/h2-7,10-11,13H,8-9,12,14H2,1H3,(H,25,32). The molecule has 0 bridgehead atoms. The fourth-order valence-electron chi connectivity index (χ4n) is 3.84. The number of pyridine rings is 1. The van der Waals surface area contributed by atoms with E-state index in [4.69, 9.17) is 0 Å². The van der Waals surface area contributed by atoms with Gasteiger partial charge in [0, 0.05) is 37.6 Å². The summed E-state index contributed by atoms with van der Waals surface area (Å²) in [6.07, 6.45) is 1.67. The minimum Gasteiger partial charge on any atom is -0.343 e. The number of carbonyl (C=O) groups is 1. The molecule has 162 valence electrons. The summed E-state index contributed by atoms with van der Waals surface area (Å²) >= 11 is 0. The molecule has 0 spiro atoms. The van der Waals surface area contributed by atoms with Crippen LogP contribution in [-0.4, -0.2) is 62.4 Å². The van der Waals surface area contributed by atoms with E-state index in [0.717, 1.165) is 24.3 Å². The molecule has 3 heterocycles. The van der Waals surface area contributed by atoms with Crippen LogP contribution in [0, 0.1) is 5.82 Å². The third-order valence-electron chi connectivity index (χ3n) is 5.72. The molecule has 9 heteroatoms. The first-order valence-electron chi connectivity index (χ1n) is 10.3. The molecular formula is C23H21FN6O2. The molecule has 1 saturated heterocycles. The third kappa shape index (κ3) is 3.90. The van der Waals surface area contributed by atoms with E-state index in [-0.39, 0.29) is 17.3 Å². The van der Waals surface area contributed by atoms with Gasteiger partial charge in [-0.05, 0) is 42.0 Å². The molecule has 32 heavy (non-hydrogen) atoms. The second kappa shape index (κ2) is 8.01. The lowest BCUT2D eigenvalue weighted by Crippen LogP contribution is -2.47. The monoisotopic (exact) mass is 432 g/mol. The number of piperazine rings is 1. The lowest BCUT2D eigenvalue weighted by atomic mass is 10.1. The number of rotatable bonds is 4. The van der Waals surface area contributed by atoms with Gasteiger partial charge < -0.3 is 9.88 Å². The summed E-state index contributed by atoms with van der Waals surface area (Å²) in [5.74, 6) is -0.241. The first-order valence-corrected chi connectivity index (χ1v) is 10.3. The molecule has 1 aliphatic rings. The van der Waals surface area contributed by atoms with Gasteiger partial charge in [0.25, 0.3) is 5.56 Å². The van der Waals surface area contributed by atoms with Crippen molar-refractivity contribution in [1.29, 1.82) is 0 Å². The van der Waals surface area contributed by atoms with Gasteiger partial charge in [0.2, 0.25) is 5.91 Å². The topological polar surface area (TPSA) is 87.1 Å². The Kier molecular flexibility index (Phi) is 5.02. The maximum Gasteiger partial charge on any atom is 0.258 e. The van der Waals surface area contributed by atoms with Crippen LogP contribution in [0.5, 0.6) is 0 Å². The second-order valence-corrected chi connectivity index (χ2v) is 7.98. The lowest BCUT2D eigenvalue weighted by Gasteiger charge is -2.31. The Morgan fingerprint density at radius 1 is 1.06 bits per heavy atom. The van der Waals surface area contributed by atoms with Crippen molar-refractivity contribution in [2.45, 2.75) is 6.54 Å². The summed E-state index contributed by atoms with van der Waals surface area (Å²) in [5.41, 5.74) is 2.87. The average molecular weight is 432 g/mol. The van der Waals surface area contributed by atoms with Crippen LogP contribution < -0.4 is 5.56 Å². The molecule has 5 rings (SSSR count). The highest BCUT2D eigenvalue weighted by Gasteiger charge is 2.20. The van der Waals surface area contributed by atoms with Crippen molar-refractivity contribution in [3.8, 4) is 16.9 Å². The van der Waals surface area contributed by atoms with Gasteiger partial charge in [-0.3, -0.25) is 14.5 Å². The average Bonchev–Trinajstić information content (AvgIpc) is 3.27. The maximum absolute atomic E-state index is 13.6. The number of amides is 1. The molecule has 1 fully saturated rings. The van der Waals surface area contributed by atoms with E-state index in [2.05, 4.69) is 20.2 Å². The number of fused-ring (bicyclic) bond motifs is 1. The van der Waals surface area contributed by atoms with E-state index >= 15 is 0 Å². The van der Waals surface area contributed by atoms with E-state index in [1.807, 2.05) is 31.3 Å². The van der Waals surface area contributed by atoms with Crippen LogP contribution in [0.15, 0.2) is 59.5 Å². The molecule has 0 saturated carbocycles. The summed E-state index contributed by atoms with van der Waals surface area (Å²) in [6, 6.07) is 13.7. The first-order chi connectivity index (χ1) is 15.5. The third-order valence-corrected chi connectivity index (χ3v) is 5.72. The number of hydrogen-bond donors (Lipinski definition) is 1. The van der Waals surface area contributed by atoms with Crippen molar-refractivity contribution in [2.24, 2.45) is 0 Å². The molecular weight excluding hydrogens is 411 g/mol. The number of aromatic amines is 1. The van der Waals surface area contributed by atoms with Crippen LogP contribution in [0.4, 0.5) is 4.39 Å². The molecule has 8 nitrogen and oxygen atoms in total. The number of carbonyl (C=O) groups excluding carboxylic acids is 1. The second-order valence-electron chi connectivity index (χ2n) is 7.98. The van der Waals surface area contributed by atoms with Gasteiger partial charge in [0.05, 0.1) is 24.0 Å². The Labute approximate surface area is 182 Å². The smallest absolute Gasteiger partial charge is 0.258 e. The largest absolute Gasteiger partial charge is 0.343 e. The Morgan fingerprint density at radius 3 is 2.66 bits per heavy atom. The summed E-state index contributed by atoms with van der Waals surface area (Å²) < 4.78 is 15.2. The van der Waals surface area contributed by atoms with Crippen LogP contribution in [0.1, 0.15) is 5.56 Å². The molecule has 0 unspecified atom stereocenters. The summed E-state index contributed by atoms with van der Waals surface area (Å²) in [4.78, 5) is 31.0. The maximum atomic E-state index is 13.6. The molecule has 0 atom stereocenters. The summed E-state index contributed by atoms with van der Waals surface area (Å²) in [5, 5.41) is 8.86. The summed E-state index contributed by atoms with van der Waals surface area (Å²) in [6.45, 7) is 2.71. The Bertz CT molecular complexity index is 1360. The number of hydrogen-bond acceptors (Lipinski definition) is 5. The van der Waals surface area contributed by atoms with Crippen molar-refractivity contribution in [3.63, 3.8) is 0 Å². The Hall–Kier alpha value is -3.85. The normalized spacial score (nSPS) is 14.9. The molecule has 1 aliphatic heterocycles. The number of nitrogens with zero attached hydrogens (tertiary/aromatic N) is 5. The number of aromatic nitrogens is 4. The van der Waals surface area contributed by atoms with Crippen LogP contribution in [-0.2, 0) is 11.3 Å². The highest BCUT2D eigenvalue weighted by atomic mass is 19.1. The fourth-order valence-corrected chi connectivity index (χ4v) is 3.84. The van der Waals surface area contributed by atoms with Gasteiger partial charge in [0.1, 0.15) is 11.5 Å². The van der Waals surface area contributed by atoms with Gasteiger partial charge in [-0.2, -0.15) is 0 Å². The van der Waals surface area contributed by atoms with Crippen LogP contribution in [0.2, 0.25) is 0 Å². The molecule has 2 aromatic carbocycles. The van der Waals surface area contributed by atoms with Crippen LogP contribution in [0.25, 0.3) is 27.8 Å². The van der Waals surface area contributed by atoms with E-state index in [0.29, 0.717) is 35.2 Å². The zero-order valence-corrected chi connectivity index (χ0v) is 17.5. The van der Waals surface area contributed by atoms with E-state index in [1.165, 1.54) is 18.2 Å². The van der Waals surface area contributed by atoms with E-state index < -0.39 is 0 Å². The molecule has 4 aromatic rings. The van der Waals surface area contributed by atoms with Gasteiger partial charge >= 0.3 is 0 Å². The highest BCUT2D eigenvalue weighted by Crippen LogP contribution is 2.20. The van der Waals surface area contributed by atoms with Gasteiger partial charge in [-0.1, -0.05) is 17.3 Å². The number of benzene rings is 2. The highest BCUT2D eigenvalue weighted by molar-refractivity contribution is 5.82. The number of nitrogens with one attached hydrogen (secondary N) is 1. The van der Waals surface area contributed by atoms with Crippen LogP contribution >= 0.6 is 0 Å². The van der Waals surface area contributed by atoms with Crippen LogP contribution in [0.3, 0.4) is 0 Å². The van der Waals surface area contributed by atoms with E-state index in [9.17, 15) is 14.0 Å². The minimum absolute atomic E-state index is 0.134. The first kappa shape index (κ1) is 20.1. The van der Waals surface area contributed by atoms with Crippen molar-refractivity contribution >= 4 is 16.8 Å². The minimum atomic E-state index is -0.375. The molecule has 2 aromatic heterocycles. The van der Waals surface area contributed by atoms with E-state index in [1.54, 1.807) is 21.8 Å². The van der Waals surface area contributed by atoms with Gasteiger partial charge in [-0.15, -0.1) is 5.10 Å². The molecule has 1 amide bonds. The zero-order chi connectivity index (χ0) is 22.2. The number of halogens is 1. The Balaban J connectivity index is 1.36. The van der Waals surface area contributed by atoms with Crippen molar-refractivity contribution in [1.82, 2.24) is 29.8 Å². The zero-order valence-electron chi connectivity index (χ0n) is 17.5. The predicted octanol–water partition coefficient (Wildman–Crippen LogP) is 2.19. The molecule has 0 radical (unpaired) electrons. The quantitative estimate of drug-likeness (QED) is 0.534. The van der Waals surface area contributed by atoms with Gasteiger partial charge in [-0.25, -0.2) is 9.07 Å². The van der Waals surface area contributed by atoms with Crippen molar-refractivity contribution < 1.29 is 9.18 Å². The lowest BCUT2D eigenvalue weighted by molar-refractivity contribution is -0.134. The predicted molar refractivity (Wildman–Crippen MR) is 118 cm³/mol. The number of likely N-dealkylation sites (N-methyl/N-ethyl adjacent to an activating group) is 1. The summed E-state index contributed by atoms with van der Waals surface area (Å²) in [7, 11) is 1.82. The molecule has 1 N–H and O–H groups in total. The van der Waals surface area contributed by atoms with Crippen molar-refractivity contribution in [3.05, 3.63) is 76.5 Å². The SMILES string of the molecule is CN1CCN(Cc2ccc(-n3cc(-c4cc5cc(F)ccc5[nH]c4=O)nn3)cc2)CC1=O. The van der Waals surface area contributed by atoms with Crippen molar-refractivity contribution in [2.75, 3.05) is 26.7 Å².